The summed E-state index contributed by atoms with van der Waals surface area (Å²) < 4.78 is 40.5. The van der Waals surface area contributed by atoms with Crippen molar-refractivity contribution in [1.82, 2.24) is 13.3 Å². The second kappa shape index (κ2) is 22.0. The number of anilines is 3. The van der Waals surface area contributed by atoms with Gasteiger partial charge in [-0.2, -0.15) is 8.75 Å². The van der Waals surface area contributed by atoms with Gasteiger partial charge in [-0.25, -0.2) is 8.78 Å². The molecule has 0 saturated carbocycles. The highest BCUT2D eigenvalue weighted by atomic mass is 32.1. The molecule has 408 valence electrons. The highest BCUT2D eigenvalue weighted by molar-refractivity contribution is 7.00. The normalized spacial score (nSPS) is 11.6. The predicted molar refractivity (Wildman–Crippen MR) is 352 cm³/mol. The highest BCUT2D eigenvalue weighted by Crippen LogP contribution is 2.47. The number of rotatable bonds is 13. The number of halogens is 2. The number of aromatic nitrogens is 3. The Balaban J connectivity index is 0.792. The van der Waals surface area contributed by atoms with Gasteiger partial charge in [0.15, 0.2) is 0 Å². The molecule has 0 unspecified atom stereocenters. The van der Waals surface area contributed by atoms with E-state index in [9.17, 15) is 8.78 Å². The number of benzene rings is 13. The van der Waals surface area contributed by atoms with Crippen LogP contribution >= 0.6 is 11.7 Å². The Bertz CT molecular complexity index is 4680. The molecule has 0 aliphatic heterocycles. The summed E-state index contributed by atoms with van der Waals surface area (Å²) in [5.74, 6) is -0.549. The van der Waals surface area contributed by atoms with Crippen molar-refractivity contribution in [2.24, 2.45) is 0 Å². The minimum Gasteiger partial charge on any atom is -0.309 e. The molecule has 4 nitrogen and oxygen atoms in total. The molecule has 0 saturated heterocycles. The van der Waals surface area contributed by atoms with Crippen molar-refractivity contribution in [2.75, 3.05) is 4.90 Å². The largest absolute Gasteiger partial charge is 0.309 e. The van der Waals surface area contributed by atoms with Gasteiger partial charge in [-0.1, -0.05) is 218 Å². The summed E-state index contributed by atoms with van der Waals surface area (Å²) >= 11 is 1.22. The van der Waals surface area contributed by atoms with E-state index in [4.69, 9.17) is 8.75 Å². The van der Waals surface area contributed by atoms with E-state index in [1.807, 2.05) is 30.3 Å². The maximum absolute atomic E-state index is 14.1. The first-order valence-electron chi connectivity index (χ1n) is 28.7. The van der Waals surface area contributed by atoms with Crippen LogP contribution in [0.15, 0.2) is 315 Å². The summed E-state index contributed by atoms with van der Waals surface area (Å²) in [6.45, 7) is 0. The zero-order valence-corrected chi connectivity index (χ0v) is 47.3. The number of nitrogens with zero attached hydrogens (tertiary/aromatic N) is 4. The Morgan fingerprint density at radius 1 is 0.314 bits per heavy atom. The average molecular weight is 1130 g/mol. The molecule has 15 rings (SSSR count). The molecule has 7 heteroatoms. The molecule has 0 amide bonds. The van der Waals surface area contributed by atoms with Crippen molar-refractivity contribution in [3.8, 4) is 61.3 Å². The molecule has 13 aromatic carbocycles. The van der Waals surface area contributed by atoms with E-state index in [0.717, 1.165) is 111 Å². The number of hydrogen-bond donors (Lipinski definition) is 0. The first-order chi connectivity index (χ1) is 42.4. The summed E-state index contributed by atoms with van der Waals surface area (Å²) in [7, 11) is 0. The van der Waals surface area contributed by atoms with Gasteiger partial charge in [0.25, 0.3) is 0 Å². The van der Waals surface area contributed by atoms with Gasteiger partial charge in [0, 0.05) is 33.4 Å². The van der Waals surface area contributed by atoms with Crippen LogP contribution in [0.4, 0.5) is 25.8 Å². The monoisotopic (exact) mass is 1130 g/mol. The van der Waals surface area contributed by atoms with Gasteiger partial charge in [0.05, 0.1) is 33.9 Å². The lowest BCUT2D eigenvalue weighted by Crippen LogP contribution is -2.30. The summed E-state index contributed by atoms with van der Waals surface area (Å²) in [5.41, 5.74) is 22.2. The molecule has 0 spiro atoms. The van der Waals surface area contributed by atoms with E-state index in [1.54, 1.807) is 0 Å². The van der Waals surface area contributed by atoms with Gasteiger partial charge in [-0.05, 0) is 169 Å². The Kier molecular flexibility index (Phi) is 13.3. The van der Waals surface area contributed by atoms with E-state index in [-0.39, 0.29) is 11.6 Å². The van der Waals surface area contributed by atoms with Crippen LogP contribution in [0.3, 0.4) is 0 Å². The molecule has 0 aliphatic carbocycles. The summed E-state index contributed by atoms with van der Waals surface area (Å²) in [5, 5.41) is 2.11. The van der Waals surface area contributed by atoms with Gasteiger partial charge in [-0.3, -0.25) is 0 Å². The van der Waals surface area contributed by atoms with Crippen molar-refractivity contribution in [3.05, 3.63) is 349 Å². The van der Waals surface area contributed by atoms with Crippen LogP contribution in [-0.4, -0.2) is 13.3 Å². The molecular weight excluding hydrogens is 1070 g/mol. The Morgan fingerprint density at radius 2 is 0.674 bits per heavy atom. The van der Waals surface area contributed by atoms with Gasteiger partial charge < -0.3 is 9.47 Å². The molecule has 15 aromatic rings. The second-order valence-corrected chi connectivity index (χ2v) is 22.2. The van der Waals surface area contributed by atoms with E-state index in [1.165, 1.54) is 58.2 Å². The van der Waals surface area contributed by atoms with Crippen LogP contribution in [0.5, 0.6) is 0 Å². The van der Waals surface area contributed by atoms with Crippen LogP contribution < -0.4 is 4.90 Å². The minimum absolute atomic E-state index is 0.274. The molecule has 0 bridgehead atoms. The van der Waals surface area contributed by atoms with Crippen LogP contribution in [0.25, 0.3) is 94.2 Å². The fraction of sp³-hybridized carbons (Fsp3) is 0.0127. The Labute approximate surface area is 501 Å². The minimum atomic E-state index is -0.537. The third kappa shape index (κ3) is 9.32. The van der Waals surface area contributed by atoms with Gasteiger partial charge >= 0.3 is 0 Å². The lowest BCUT2D eigenvalue weighted by Gasteiger charge is -2.37. The van der Waals surface area contributed by atoms with Crippen LogP contribution in [-0.2, 0) is 5.41 Å². The molecular formula is C79H52F2N4S. The van der Waals surface area contributed by atoms with Crippen molar-refractivity contribution < 1.29 is 8.78 Å². The van der Waals surface area contributed by atoms with Crippen molar-refractivity contribution in [1.29, 1.82) is 0 Å². The first kappa shape index (κ1) is 52.0. The highest BCUT2D eigenvalue weighted by Gasteiger charge is 2.38. The Hall–Kier alpha value is -10.9. The predicted octanol–water partition coefficient (Wildman–Crippen LogP) is 21.3. The molecule has 2 aromatic heterocycles. The topological polar surface area (TPSA) is 34.0 Å². The van der Waals surface area contributed by atoms with E-state index in [0.29, 0.717) is 0 Å². The van der Waals surface area contributed by atoms with Crippen molar-refractivity contribution >= 4 is 61.6 Å². The summed E-state index contributed by atoms with van der Waals surface area (Å²) in [6.07, 6.45) is 0. The fourth-order valence-corrected chi connectivity index (χ4v) is 13.2. The van der Waals surface area contributed by atoms with Crippen LogP contribution in [0.2, 0.25) is 0 Å². The molecule has 0 aliphatic rings. The third-order valence-corrected chi connectivity index (χ3v) is 17.3. The molecule has 2 heterocycles. The Morgan fingerprint density at radius 3 is 1.14 bits per heavy atom. The van der Waals surface area contributed by atoms with E-state index in [2.05, 4.69) is 270 Å². The zero-order valence-electron chi connectivity index (χ0n) is 46.5. The summed E-state index contributed by atoms with van der Waals surface area (Å²) in [6, 6.07) is 109. The lowest BCUT2D eigenvalue weighted by atomic mass is 9.65. The van der Waals surface area contributed by atoms with Crippen molar-refractivity contribution in [2.45, 2.75) is 5.41 Å². The zero-order chi connectivity index (χ0) is 57.6. The van der Waals surface area contributed by atoms with Gasteiger partial charge in [0.1, 0.15) is 22.7 Å². The first-order valence-corrected chi connectivity index (χ1v) is 29.5. The molecule has 0 radical (unpaired) electrons. The molecule has 86 heavy (non-hydrogen) atoms. The maximum Gasteiger partial charge on any atom is 0.129 e. The van der Waals surface area contributed by atoms with E-state index >= 15 is 0 Å². The van der Waals surface area contributed by atoms with Crippen LogP contribution in [0.1, 0.15) is 22.3 Å². The summed E-state index contributed by atoms with van der Waals surface area (Å²) in [4.78, 5) is 2.29. The van der Waals surface area contributed by atoms with Crippen LogP contribution in [0, 0.1) is 11.6 Å². The molecule has 0 N–H and O–H groups in total. The molecule has 0 fully saturated rings. The van der Waals surface area contributed by atoms with Gasteiger partial charge in [-0.15, -0.1) is 0 Å². The fourth-order valence-electron chi connectivity index (χ4n) is 12.6. The quantitative estimate of drug-likeness (QED) is 0.108. The molecule has 0 atom stereocenters. The average Bonchev–Trinajstić information content (AvgIpc) is 1.95. The van der Waals surface area contributed by atoms with Crippen molar-refractivity contribution in [3.63, 3.8) is 0 Å². The van der Waals surface area contributed by atoms with Gasteiger partial charge in [0.2, 0.25) is 0 Å². The third-order valence-electron chi connectivity index (χ3n) is 16.8. The standard InChI is InChI=1S/C79H52F2N4S/c80-66-37-23-57(24-38-66)60-33-48-74-72(51-60)73-52-61(58-25-39-67(81)40-26-58)34-49-75(73)85(74)70-45-31-59(32-46-70)71-47-50-76(78-77(71)82-86-83-78)84(68-41-27-55(28-42-68)53-13-5-1-6-14-53)69-43-29-56(30-44-69)54-21-35-65(36-22-54)79(62-15-7-2-8-16-62,63-17-9-3-10-18-63)64-19-11-4-12-20-64/h1-52H. The smallest absolute Gasteiger partial charge is 0.129 e. The number of hydrogen-bond acceptors (Lipinski definition) is 4. The number of fused-ring (bicyclic) bond motifs is 4. The van der Waals surface area contributed by atoms with E-state index < -0.39 is 5.41 Å². The second-order valence-electron chi connectivity index (χ2n) is 21.7. The maximum atomic E-state index is 14.1. The SMILES string of the molecule is Fc1ccc(-c2ccc3c(c2)c2cc(-c4ccc(F)cc4)ccc2n3-c2ccc(-c3ccc(N(c4ccc(-c5ccccc5)cc4)c4ccc(-c5ccc(C(c6ccccc6)(c6ccccc6)c6ccccc6)cc5)cc4)c4nsnc34)cc2)cc1. The lowest BCUT2D eigenvalue weighted by molar-refractivity contribution is 0.627.